The van der Waals surface area contributed by atoms with Crippen LogP contribution in [-0.2, 0) is 4.79 Å². The Morgan fingerprint density at radius 2 is 2.12 bits per heavy atom. The van der Waals surface area contributed by atoms with Gasteiger partial charge in [0.2, 0.25) is 5.91 Å². The summed E-state index contributed by atoms with van der Waals surface area (Å²) in [5.41, 5.74) is 0.100. The number of carbonyl (C=O) groups excluding carboxylic acids is 1. The Hall–Kier alpha value is -0.570. The van der Waals surface area contributed by atoms with Crippen LogP contribution in [0.15, 0.2) is 0 Å². The number of likely N-dealkylation sites (N-methyl/N-ethyl adjacent to an activating group) is 1. The lowest BCUT2D eigenvalue weighted by atomic mass is 9.77. The zero-order chi connectivity index (χ0) is 12.5. The summed E-state index contributed by atoms with van der Waals surface area (Å²) in [5.74, 6) is 1.19. The van der Waals surface area contributed by atoms with E-state index in [1.165, 1.54) is 25.7 Å². The van der Waals surface area contributed by atoms with E-state index in [9.17, 15) is 4.79 Å². The molecule has 1 saturated heterocycles. The first-order valence-corrected chi connectivity index (χ1v) is 6.99. The Morgan fingerprint density at radius 3 is 2.71 bits per heavy atom. The van der Waals surface area contributed by atoms with Gasteiger partial charge in [-0.1, -0.05) is 26.7 Å². The predicted molar refractivity (Wildman–Crippen MR) is 69.8 cm³/mol. The van der Waals surface area contributed by atoms with Gasteiger partial charge in [-0.05, 0) is 37.1 Å². The third kappa shape index (κ3) is 3.21. The van der Waals surface area contributed by atoms with Gasteiger partial charge in [-0.15, -0.1) is 0 Å². The number of amides is 1. The van der Waals surface area contributed by atoms with Crippen LogP contribution < -0.4 is 5.32 Å². The molecule has 1 aliphatic carbocycles. The first-order chi connectivity index (χ1) is 8.00. The van der Waals surface area contributed by atoms with Crippen molar-refractivity contribution >= 4 is 5.91 Å². The zero-order valence-electron chi connectivity index (χ0n) is 11.5. The Kier molecular flexibility index (Phi) is 3.76. The first-order valence-electron chi connectivity index (χ1n) is 6.99. The van der Waals surface area contributed by atoms with Crippen molar-refractivity contribution in [3.8, 4) is 0 Å². The third-order valence-electron chi connectivity index (χ3n) is 4.32. The van der Waals surface area contributed by atoms with Gasteiger partial charge in [0.05, 0.1) is 6.04 Å². The van der Waals surface area contributed by atoms with Gasteiger partial charge in [-0.3, -0.25) is 4.79 Å². The molecular weight excluding hydrogens is 212 g/mol. The molecule has 1 amide bonds. The van der Waals surface area contributed by atoms with Crippen LogP contribution in [0.4, 0.5) is 0 Å². The highest BCUT2D eigenvalue weighted by atomic mass is 16.2. The molecule has 3 heteroatoms. The van der Waals surface area contributed by atoms with E-state index in [4.69, 9.17) is 0 Å². The van der Waals surface area contributed by atoms with Gasteiger partial charge >= 0.3 is 0 Å². The lowest BCUT2D eigenvalue weighted by Crippen LogP contribution is -2.56. The van der Waals surface area contributed by atoms with Crippen LogP contribution in [-0.4, -0.2) is 37.0 Å². The molecule has 98 valence electrons. The molecule has 0 spiro atoms. The summed E-state index contributed by atoms with van der Waals surface area (Å²) >= 11 is 0. The van der Waals surface area contributed by atoms with Crippen molar-refractivity contribution in [2.75, 3.05) is 20.1 Å². The van der Waals surface area contributed by atoms with E-state index in [1.807, 2.05) is 11.9 Å². The highest BCUT2D eigenvalue weighted by Gasteiger charge is 2.38. The Labute approximate surface area is 105 Å². The van der Waals surface area contributed by atoms with Gasteiger partial charge in [0.1, 0.15) is 0 Å². The van der Waals surface area contributed by atoms with Crippen molar-refractivity contribution in [3.05, 3.63) is 0 Å². The molecule has 1 atom stereocenters. The molecule has 3 nitrogen and oxygen atoms in total. The summed E-state index contributed by atoms with van der Waals surface area (Å²) in [5, 5.41) is 3.40. The molecule has 1 saturated carbocycles. The van der Waals surface area contributed by atoms with Crippen molar-refractivity contribution in [2.24, 2.45) is 11.3 Å². The number of rotatable bonds is 4. The fourth-order valence-electron chi connectivity index (χ4n) is 2.75. The minimum absolute atomic E-state index is 0.0143. The van der Waals surface area contributed by atoms with Crippen molar-refractivity contribution < 1.29 is 4.79 Å². The Morgan fingerprint density at radius 1 is 1.41 bits per heavy atom. The topological polar surface area (TPSA) is 32.3 Å². The van der Waals surface area contributed by atoms with Crippen molar-refractivity contribution in [2.45, 2.75) is 52.0 Å². The van der Waals surface area contributed by atoms with E-state index in [-0.39, 0.29) is 17.4 Å². The normalized spacial score (nSPS) is 27.8. The van der Waals surface area contributed by atoms with Crippen LogP contribution in [0, 0.1) is 11.3 Å². The number of hydrogen-bond donors (Lipinski definition) is 1. The van der Waals surface area contributed by atoms with E-state index in [0.717, 1.165) is 25.4 Å². The second-order valence-corrected chi connectivity index (χ2v) is 6.47. The predicted octanol–water partition coefficient (Wildman–Crippen LogP) is 2.02. The highest BCUT2D eigenvalue weighted by molar-refractivity contribution is 5.82. The maximum atomic E-state index is 12.4. The summed E-state index contributed by atoms with van der Waals surface area (Å²) in [7, 11) is 1.96. The molecule has 1 heterocycles. The average Bonchev–Trinajstić information content (AvgIpc) is 3.08. The molecule has 17 heavy (non-hydrogen) atoms. The highest BCUT2D eigenvalue weighted by Crippen LogP contribution is 2.33. The van der Waals surface area contributed by atoms with Gasteiger partial charge in [-0.2, -0.15) is 0 Å². The lowest BCUT2D eigenvalue weighted by molar-refractivity contribution is -0.136. The number of piperidine rings is 1. The molecular formula is C14H26N2O. The van der Waals surface area contributed by atoms with Gasteiger partial charge in [0, 0.05) is 13.6 Å². The number of carbonyl (C=O) groups is 1. The molecule has 1 unspecified atom stereocenters. The molecule has 1 N–H and O–H groups in total. The van der Waals surface area contributed by atoms with Gasteiger partial charge < -0.3 is 10.2 Å². The van der Waals surface area contributed by atoms with Gasteiger partial charge in [-0.25, -0.2) is 0 Å². The van der Waals surface area contributed by atoms with Crippen LogP contribution in [0.5, 0.6) is 0 Å². The summed E-state index contributed by atoms with van der Waals surface area (Å²) in [4.78, 5) is 14.3. The van der Waals surface area contributed by atoms with Crippen molar-refractivity contribution in [1.29, 1.82) is 0 Å². The summed E-state index contributed by atoms with van der Waals surface area (Å²) in [6.07, 6.45) is 6.26. The number of nitrogens with zero attached hydrogens (tertiary/aromatic N) is 1. The second-order valence-electron chi connectivity index (χ2n) is 6.47. The van der Waals surface area contributed by atoms with Crippen LogP contribution in [0.2, 0.25) is 0 Å². The average molecular weight is 238 g/mol. The molecule has 2 fully saturated rings. The maximum absolute atomic E-state index is 12.4. The van der Waals surface area contributed by atoms with E-state index in [2.05, 4.69) is 19.2 Å². The molecule has 0 radical (unpaired) electrons. The largest absolute Gasteiger partial charge is 0.344 e. The quantitative estimate of drug-likeness (QED) is 0.812. The van der Waals surface area contributed by atoms with E-state index in [1.54, 1.807) is 0 Å². The molecule has 0 aromatic heterocycles. The van der Waals surface area contributed by atoms with Crippen LogP contribution >= 0.6 is 0 Å². The molecule has 0 bridgehead atoms. The van der Waals surface area contributed by atoms with Crippen LogP contribution in [0.3, 0.4) is 0 Å². The van der Waals surface area contributed by atoms with Crippen LogP contribution in [0.1, 0.15) is 46.0 Å². The SMILES string of the molecule is CN(CCC1CC1)C(=O)C1NCCCC1(C)C. The molecule has 1 aliphatic heterocycles. The Bertz CT molecular complexity index is 284. The summed E-state index contributed by atoms with van der Waals surface area (Å²) in [6.45, 7) is 6.32. The first kappa shape index (κ1) is 12.9. The minimum Gasteiger partial charge on any atom is -0.344 e. The Balaban J connectivity index is 1.87. The van der Waals surface area contributed by atoms with E-state index >= 15 is 0 Å². The molecule has 2 rings (SSSR count). The monoisotopic (exact) mass is 238 g/mol. The van der Waals surface area contributed by atoms with Crippen molar-refractivity contribution in [3.63, 3.8) is 0 Å². The number of hydrogen-bond acceptors (Lipinski definition) is 2. The van der Waals surface area contributed by atoms with E-state index < -0.39 is 0 Å². The van der Waals surface area contributed by atoms with E-state index in [0.29, 0.717) is 0 Å². The molecule has 0 aromatic carbocycles. The fourth-order valence-corrected chi connectivity index (χ4v) is 2.75. The molecule has 0 aromatic rings. The minimum atomic E-state index is 0.0143. The van der Waals surface area contributed by atoms with Crippen molar-refractivity contribution in [1.82, 2.24) is 10.2 Å². The van der Waals surface area contributed by atoms with Crippen LogP contribution in [0.25, 0.3) is 0 Å². The second kappa shape index (κ2) is 4.97. The summed E-state index contributed by atoms with van der Waals surface area (Å²) < 4.78 is 0. The summed E-state index contributed by atoms with van der Waals surface area (Å²) in [6, 6.07) is 0.0143. The molecule has 2 aliphatic rings. The third-order valence-corrected chi connectivity index (χ3v) is 4.32. The smallest absolute Gasteiger partial charge is 0.240 e. The lowest BCUT2D eigenvalue weighted by Gasteiger charge is -2.40. The maximum Gasteiger partial charge on any atom is 0.240 e. The van der Waals surface area contributed by atoms with Gasteiger partial charge in [0.15, 0.2) is 0 Å². The van der Waals surface area contributed by atoms with Gasteiger partial charge in [0.25, 0.3) is 0 Å². The number of nitrogens with one attached hydrogen (secondary N) is 1. The fraction of sp³-hybridized carbons (Fsp3) is 0.929. The standard InChI is InChI=1S/C14H26N2O/c1-14(2)8-4-9-15-12(14)13(17)16(3)10-7-11-5-6-11/h11-12,15H,4-10H2,1-3H3. The zero-order valence-corrected chi connectivity index (χ0v) is 11.5.